The first kappa shape index (κ1) is 17.1. The molecule has 3 aromatic rings. The fourth-order valence-corrected chi connectivity index (χ4v) is 5.07. The number of aromatic carboxylic acids is 1. The molecule has 3 N–H and O–H groups in total. The number of thioether (sulfide) groups is 1. The lowest BCUT2D eigenvalue weighted by Crippen LogP contribution is -2.41. The van der Waals surface area contributed by atoms with Gasteiger partial charge >= 0.3 is 5.97 Å². The van der Waals surface area contributed by atoms with Crippen LogP contribution in [0.4, 0.5) is 5.69 Å². The van der Waals surface area contributed by atoms with Crippen LogP contribution < -0.4 is 15.4 Å². The van der Waals surface area contributed by atoms with E-state index in [1.807, 2.05) is 24.4 Å². The molecule has 2 aliphatic heterocycles. The molecule has 2 aromatic heterocycles. The van der Waals surface area contributed by atoms with Crippen molar-refractivity contribution < 1.29 is 14.6 Å². The summed E-state index contributed by atoms with van der Waals surface area (Å²) in [5.74, 6) is 0.615. The molecule has 0 saturated heterocycles. The number of rotatable bonds is 3. The number of aromatic nitrogens is 2. The molecule has 28 heavy (non-hydrogen) atoms. The van der Waals surface area contributed by atoms with Crippen LogP contribution in [-0.2, 0) is 0 Å². The van der Waals surface area contributed by atoms with Crippen molar-refractivity contribution in [1.82, 2.24) is 14.9 Å². The molecular weight excluding hydrogens is 378 g/mol. The number of nitrogens with one attached hydrogen (secondary N) is 2. The van der Waals surface area contributed by atoms with Crippen LogP contribution in [0.1, 0.15) is 21.8 Å². The van der Waals surface area contributed by atoms with Crippen molar-refractivity contribution in [1.29, 1.82) is 0 Å². The molecule has 0 spiro atoms. The van der Waals surface area contributed by atoms with E-state index < -0.39 is 5.97 Å². The van der Waals surface area contributed by atoms with Gasteiger partial charge in [0.15, 0.2) is 5.75 Å². The third-order valence-electron chi connectivity index (χ3n) is 4.99. The number of nitrogens with zero attached hydrogens (tertiary/aromatic N) is 3. The molecule has 2 aliphatic rings. The average Bonchev–Trinajstić information content (AvgIpc) is 3.31. The summed E-state index contributed by atoms with van der Waals surface area (Å²) in [6.07, 6.45) is 3.60. The fourth-order valence-electron chi connectivity index (χ4n) is 3.70. The smallest absolute Gasteiger partial charge is 0.335 e. The maximum atomic E-state index is 11.3. The van der Waals surface area contributed by atoms with Gasteiger partial charge in [-0.3, -0.25) is 10.3 Å². The van der Waals surface area contributed by atoms with Gasteiger partial charge in [0, 0.05) is 11.1 Å². The lowest BCUT2D eigenvalue weighted by Gasteiger charge is -2.28. The molecule has 4 heterocycles. The fraction of sp³-hybridized carbons (Fsp3) is 0.211. The van der Waals surface area contributed by atoms with E-state index >= 15 is 0 Å². The molecule has 0 saturated carbocycles. The number of carbonyl (C=O) groups is 1. The molecule has 0 radical (unpaired) electrons. The number of carboxylic acid groups (broad SMARTS) is 1. The summed E-state index contributed by atoms with van der Waals surface area (Å²) in [6, 6.07) is 9.08. The van der Waals surface area contributed by atoms with Crippen LogP contribution >= 0.6 is 11.8 Å². The van der Waals surface area contributed by atoms with Crippen LogP contribution in [0.3, 0.4) is 0 Å². The van der Waals surface area contributed by atoms with Crippen LogP contribution in [0.15, 0.2) is 52.6 Å². The Morgan fingerprint density at radius 1 is 1.39 bits per heavy atom. The van der Waals surface area contributed by atoms with E-state index in [0.717, 1.165) is 27.5 Å². The summed E-state index contributed by atoms with van der Waals surface area (Å²) in [4.78, 5) is 16.9. The first-order valence-corrected chi connectivity index (χ1v) is 9.62. The molecular formula is C19H17N5O3S. The molecule has 0 bridgehead atoms. The van der Waals surface area contributed by atoms with E-state index in [9.17, 15) is 9.90 Å². The molecule has 5 rings (SSSR count). The quantitative estimate of drug-likeness (QED) is 0.627. The van der Waals surface area contributed by atoms with Gasteiger partial charge in [0.25, 0.3) is 0 Å². The van der Waals surface area contributed by atoms with Gasteiger partial charge in [0.1, 0.15) is 11.4 Å². The van der Waals surface area contributed by atoms with E-state index in [0.29, 0.717) is 18.0 Å². The Labute approximate surface area is 164 Å². The van der Waals surface area contributed by atoms with E-state index in [-0.39, 0.29) is 11.3 Å². The minimum atomic E-state index is -0.919. The topological polar surface area (TPSA) is 100 Å². The highest BCUT2D eigenvalue weighted by Gasteiger charge is 2.39. The van der Waals surface area contributed by atoms with Gasteiger partial charge in [-0.1, -0.05) is 6.07 Å². The zero-order valence-corrected chi connectivity index (χ0v) is 15.7. The van der Waals surface area contributed by atoms with Crippen LogP contribution in [0.5, 0.6) is 5.75 Å². The number of methoxy groups -OCH3 is 1. The van der Waals surface area contributed by atoms with Gasteiger partial charge in [-0.15, -0.1) is 11.8 Å². The highest BCUT2D eigenvalue weighted by molar-refractivity contribution is 8.00. The van der Waals surface area contributed by atoms with E-state index in [2.05, 4.69) is 20.7 Å². The van der Waals surface area contributed by atoms with Crippen molar-refractivity contribution in [3.05, 3.63) is 53.9 Å². The van der Waals surface area contributed by atoms with Gasteiger partial charge in [0.05, 0.1) is 42.5 Å². The first-order chi connectivity index (χ1) is 13.7. The second-order valence-corrected chi connectivity index (χ2v) is 7.71. The summed E-state index contributed by atoms with van der Waals surface area (Å²) in [7, 11) is 1.63. The lowest BCUT2D eigenvalue weighted by atomic mass is 9.95. The Balaban J connectivity index is 1.52. The molecule has 0 fully saturated rings. The third kappa shape index (κ3) is 2.62. The zero-order valence-electron chi connectivity index (χ0n) is 14.9. The maximum absolute atomic E-state index is 11.3. The predicted molar refractivity (Wildman–Crippen MR) is 107 cm³/mol. The summed E-state index contributed by atoms with van der Waals surface area (Å²) >= 11 is 1.64. The highest BCUT2D eigenvalue weighted by Crippen LogP contribution is 2.46. The maximum Gasteiger partial charge on any atom is 0.335 e. The van der Waals surface area contributed by atoms with E-state index in [1.54, 1.807) is 41.7 Å². The summed E-state index contributed by atoms with van der Waals surface area (Å²) < 4.78 is 7.37. The second kappa shape index (κ2) is 6.54. The van der Waals surface area contributed by atoms with Gasteiger partial charge in [0.2, 0.25) is 0 Å². The predicted octanol–water partition coefficient (Wildman–Crippen LogP) is 2.63. The van der Waals surface area contributed by atoms with Crippen LogP contribution in [-0.4, -0.2) is 45.7 Å². The van der Waals surface area contributed by atoms with Gasteiger partial charge in [-0.2, -0.15) is 5.10 Å². The molecule has 9 heteroatoms. The van der Waals surface area contributed by atoms with Crippen molar-refractivity contribution in [2.24, 2.45) is 4.99 Å². The minimum absolute atomic E-state index is 0.00226. The summed E-state index contributed by atoms with van der Waals surface area (Å²) in [5, 5.41) is 20.4. The number of amidine groups is 1. The number of hydrogen-bond acceptors (Lipinski definition) is 7. The Hall–Kier alpha value is -3.04. The Kier molecular flexibility index (Phi) is 3.99. The van der Waals surface area contributed by atoms with Crippen molar-refractivity contribution in [2.45, 2.75) is 16.2 Å². The number of ether oxygens (including phenoxy) is 1. The molecule has 2 unspecified atom stereocenters. The van der Waals surface area contributed by atoms with Crippen LogP contribution in [0, 0.1) is 0 Å². The Morgan fingerprint density at radius 2 is 2.29 bits per heavy atom. The minimum Gasteiger partial charge on any atom is -0.492 e. The third-order valence-corrected chi connectivity index (χ3v) is 6.29. The van der Waals surface area contributed by atoms with Crippen molar-refractivity contribution in [2.75, 3.05) is 19.1 Å². The second-order valence-electron chi connectivity index (χ2n) is 6.53. The molecule has 8 nitrogen and oxygen atoms in total. The number of fused-ring (bicyclic) bond motifs is 4. The van der Waals surface area contributed by atoms with Crippen molar-refractivity contribution >= 4 is 34.8 Å². The summed E-state index contributed by atoms with van der Waals surface area (Å²) in [5.41, 5.74) is 3.05. The van der Waals surface area contributed by atoms with Crippen molar-refractivity contribution in [3.8, 4) is 5.75 Å². The zero-order chi connectivity index (χ0) is 19.3. The molecule has 0 amide bonds. The van der Waals surface area contributed by atoms with Gasteiger partial charge in [-0.05, 0) is 29.8 Å². The SMILES string of the molecule is COc1c(NC2=NCNC3Sc4cc(C(=O)O)ccc4C23)ccn2nccc12. The van der Waals surface area contributed by atoms with Crippen LogP contribution in [0.25, 0.3) is 5.52 Å². The normalized spacial score (nSPS) is 20.4. The van der Waals surface area contributed by atoms with Gasteiger partial charge in [-0.25, -0.2) is 9.31 Å². The summed E-state index contributed by atoms with van der Waals surface area (Å²) in [6.45, 7) is 0.494. The van der Waals surface area contributed by atoms with E-state index in [4.69, 9.17) is 4.74 Å². The Bertz CT molecular complexity index is 1130. The number of carboxylic acids is 1. The number of pyridine rings is 1. The number of aliphatic imine (C=N–C) groups is 1. The van der Waals surface area contributed by atoms with Crippen LogP contribution in [0.2, 0.25) is 0 Å². The van der Waals surface area contributed by atoms with Gasteiger partial charge < -0.3 is 15.2 Å². The monoisotopic (exact) mass is 395 g/mol. The average molecular weight is 395 g/mol. The van der Waals surface area contributed by atoms with E-state index in [1.165, 1.54) is 0 Å². The Morgan fingerprint density at radius 3 is 3.11 bits per heavy atom. The van der Waals surface area contributed by atoms with Crippen molar-refractivity contribution in [3.63, 3.8) is 0 Å². The molecule has 142 valence electrons. The standard InChI is InChI=1S/C19H17N5O3S/c1-27-16-12(5-7-24-13(16)4-6-22-24)23-17-15-11-3-2-10(19(25)26)8-14(11)28-18(15)21-9-20-17/h2-8,15,18,21H,9H2,1H3,(H,20,23)(H,25,26). The highest BCUT2D eigenvalue weighted by atomic mass is 32.2. The molecule has 0 aliphatic carbocycles. The lowest BCUT2D eigenvalue weighted by molar-refractivity contribution is 0.0696. The largest absolute Gasteiger partial charge is 0.492 e. The number of benzene rings is 1. The molecule has 1 aromatic carbocycles. The number of anilines is 1. The molecule has 2 atom stereocenters. The first-order valence-electron chi connectivity index (χ1n) is 8.74. The number of hydrogen-bond donors (Lipinski definition) is 3.